The first-order valence-corrected chi connectivity index (χ1v) is 9.16. The van der Waals surface area contributed by atoms with Crippen LogP contribution in [0.1, 0.15) is 17.4 Å². The molecule has 0 aliphatic carbocycles. The maximum absolute atomic E-state index is 14.7. The number of aryl methyl sites for hydroxylation is 1. The van der Waals surface area contributed by atoms with Crippen LogP contribution in [0.15, 0.2) is 18.5 Å². The number of hydrogen-bond donors (Lipinski definition) is 0. The number of fused-ring (bicyclic) bond motifs is 1. The number of ether oxygens (including phenoxy) is 1. The summed E-state index contributed by atoms with van der Waals surface area (Å²) in [7, 11) is 1.31. The predicted octanol–water partition coefficient (Wildman–Crippen LogP) is 4.58. The van der Waals surface area contributed by atoms with Crippen LogP contribution in [0.2, 0.25) is 0 Å². The zero-order valence-corrected chi connectivity index (χ0v) is 16.7. The van der Waals surface area contributed by atoms with Gasteiger partial charge in [-0.25, -0.2) is 45.5 Å². The largest absolute Gasteiger partial charge is 0.461 e. The number of imidazole rings is 2. The number of halogens is 7. The van der Waals surface area contributed by atoms with E-state index in [9.17, 15) is 35.5 Å². The van der Waals surface area contributed by atoms with Gasteiger partial charge in [-0.2, -0.15) is 0 Å². The summed E-state index contributed by atoms with van der Waals surface area (Å²) in [5.74, 6) is -15.3. The molecule has 4 rings (SSSR count). The van der Waals surface area contributed by atoms with Gasteiger partial charge in [-0.15, -0.1) is 0 Å². The van der Waals surface area contributed by atoms with Gasteiger partial charge in [0.05, 0.1) is 28.9 Å². The molecule has 4 aromatic rings. The molecule has 0 bridgehead atoms. The number of esters is 1. The summed E-state index contributed by atoms with van der Waals surface area (Å²) < 4.78 is 105. The second-order valence-corrected chi connectivity index (χ2v) is 6.70. The molecule has 0 spiro atoms. The standard InChI is InChI=1S/C20H11F7N4O2/c1-3-33-19(32)17-18(11-12(23)14(25)16(27)15(26)13(11)24)31(6-28-17)20-29-9-4-7(21)8(22)5-10(9)30(20)2/h4-6H,3H2,1-2H3. The van der Waals surface area contributed by atoms with Crippen molar-refractivity contribution in [2.45, 2.75) is 6.92 Å². The minimum atomic E-state index is -2.40. The smallest absolute Gasteiger partial charge is 0.359 e. The van der Waals surface area contributed by atoms with Crippen molar-refractivity contribution in [2.24, 2.45) is 7.05 Å². The van der Waals surface area contributed by atoms with Gasteiger partial charge in [-0.05, 0) is 6.92 Å². The number of carbonyl (C=O) groups excluding carboxylic acids is 1. The van der Waals surface area contributed by atoms with Crippen molar-refractivity contribution in [1.82, 2.24) is 19.1 Å². The average Bonchev–Trinajstić information content (AvgIpc) is 3.33. The Kier molecular flexibility index (Phi) is 5.34. The third kappa shape index (κ3) is 3.31. The van der Waals surface area contributed by atoms with Crippen molar-refractivity contribution < 1.29 is 40.3 Å². The number of carbonyl (C=O) groups is 1. The van der Waals surface area contributed by atoms with Crippen molar-refractivity contribution in [1.29, 1.82) is 0 Å². The molecule has 0 fully saturated rings. The fourth-order valence-corrected chi connectivity index (χ4v) is 3.29. The van der Waals surface area contributed by atoms with E-state index in [1.54, 1.807) is 0 Å². The second-order valence-electron chi connectivity index (χ2n) is 6.70. The number of rotatable bonds is 4. The molecule has 0 aliphatic rings. The first kappa shape index (κ1) is 22.3. The Morgan fingerprint density at radius 2 is 1.52 bits per heavy atom. The Morgan fingerprint density at radius 1 is 0.939 bits per heavy atom. The lowest BCUT2D eigenvalue weighted by molar-refractivity contribution is 0.0521. The van der Waals surface area contributed by atoms with Gasteiger partial charge in [-0.3, -0.25) is 4.57 Å². The highest BCUT2D eigenvalue weighted by atomic mass is 19.2. The van der Waals surface area contributed by atoms with Gasteiger partial charge >= 0.3 is 5.97 Å². The quantitative estimate of drug-likeness (QED) is 0.189. The molecule has 13 heteroatoms. The van der Waals surface area contributed by atoms with Crippen LogP contribution in [-0.2, 0) is 11.8 Å². The molecule has 0 atom stereocenters. The van der Waals surface area contributed by atoms with E-state index < -0.39 is 63.6 Å². The van der Waals surface area contributed by atoms with E-state index in [-0.39, 0.29) is 23.6 Å². The molecule has 0 aliphatic heterocycles. The highest BCUT2D eigenvalue weighted by molar-refractivity contribution is 5.95. The van der Waals surface area contributed by atoms with Gasteiger partial charge in [0.25, 0.3) is 0 Å². The van der Waals surface area contributed by atoms with E-state index in [4.69, 9.17) is 4.74 Å². The minimum Gasteiger partial charge on any atom is -0.461 e. The minimum absolute atomic E-state index is 0.0265. The van der Waals surface area contributed by atoms with Gasteiger partial charge in [0.2, 0.25) is 11.8 Å². The average molecular weight is 472 g/mol. The lowest BCUT2D eigenvalue weighted by atomic mass is 10.1. The number of aromatic nitrogens is 4. The van der Waals surface area contributed by atoms with E-state index in [1.165, 1.54) is 14.0 Å². The van der Waals surface area contributed by atoms with Gasteiger partial charge in [0, 0.05) is 19.2 Å². The molecule has 0 saturated carbocycles. The van der Waals surface area contributed by atoms with Crippen LogP contribution in [0.25, 0.3) is 28.2 Å². The molecule has 2 heterocycles. The predicted molar refractivity (Wildman–Crippen MR) is 98.9 cm³/mol. The molecule has 0 radical (unpaired) electrons. The molecule has 0 unspecified atom stereocenters. The van der Waals surface area contributed by atoms with E-state index in [0.717, 1.165) is 27.6 Å². The lowest BCUT2D eigenvalue weighted by Crippen LogP contribution is -2.13. The lowest BCUT2D eigenvalue weighted by Gasteiger charge is -2.13. The van der Waals surface area contributed by atoms with E-state index in [1.807, 2.05) is 0 Å². The third-order valence-electron chi connectivity index (χ3n) is 4.80. The Hall–Kier alpha value is -3.90. The maximum atomic E-state index is 14.7. The van der Waals surface area contributed by atoms with E-state index in [0.29, 0.717) is 0 Å². The maximum Gasteiger partial charge on any atom is 0.359 e. The Labute approximate surface area is 179 Å². The first-order valence-electron chi connectivity index (χ1n) is 9.16. The summed E-state index contributed by atoms with van der Waals surface area (Å²) in [6.45, 7) is 1.23. The fourth-order valence-electron chi connectivity index (χ4n) is 3.29. The van der Waals surface area contributed by atoms with Crippen LogP contribution >= 0.6 is 0 Å². The molecule has 2 aromatic carbocycles. The van der Waals surface area contributed by atoms with Crippen LogP contribution in [0.3, 0.4) is 0 Å². The summed E-state index contributed by atoms with van der Waals surface area (Å²) in [6.07, 6.45) is 0.827. The molecule has 0 saturated heterocycles. The molecule has 2 aromatic heterocycles. The molecular formula is C20H11F7N4O2. The summed E-state index contributed by atoms with van der Waals surface area (Å²) >= 11 is 0. The van der Waals surface area contributed by atoms with Gasteiger partial charge in [0.15, 0.2) is 40.6 Å². The first-order chi connectivity index (χ1) is 15.6. The molecule has 0 amide bonds. The number of benzene rings is 2. The Morgan fingerprint density at radius 3 is 2.12 bits per heavy atom. The summed E-state index contributed by atoms with van der Waals surface area (Å²) in [5.41, 5.74) is -3.17. The van der Waals surface area contributed by atoms with Crippen LogP contribution in [0.4, 0.5) is 30.7 Å². The summed E-state index contributed by atoms with van der Waals surface area (Å²) in [6, 6.07) is 1.54. The molecule has 172 valence electrons. The number of nitrogens with zero attached hydrogens (tertiary/aromatic N) is 4. The van der Waals surface area contributed by atoms with Crippen LogP contribution < -0.4 is 0 Å². The molecule has 6 nitrogen and oxygen atoms in total. The van der Waals surface area contributed by atoms with E-state index in [2.05, 4.69) is 9.97 Å². The highest BCUT2D eigenvalue weighted by Gasteiger charge is 2.33. The molecular weight excluding hydrogens is 461 g/mol. The van der Waals surface area contributed by atoms with Crippen molar-refractivity contribution in [3.8, 4) is 17.2 Å². The third-order valence-corrected chi connectivity index (χ3v) is 4.80. The van der Waals surface area contributed by atoms with Gasteiger partial charge in [-0.1, -0.05) is 0 Å². The topological polar surface area (TPSA) is 61.9 Å². The molecule has 0 N–H and O–H groups in total. The van der Waals surface area contributed by atoms with Crippen molar-refractivity contribution in [3.05, 3.63) is 64.9 Å². The van der Waals surface area contributed by atoms with Crippen LogP contribution in [0.5, 0.6) is 0 Å². The Bertz CT molecular complexity index is 1420. The normalized spacial score (nSPS) is 11.4. The second kappa shape index (κ2) is 7.90. The number of hydrogen-bond acceptors (Lipinski definition) is 4. The van der Waals surface area contributed by atoms with Crippen molar-refractivity contribution in [2.75, 3.05) is 6.61 Å². The van der Waals surface area contributed by atoms with Crippen LogP contribution in [-0.4, -0.2) is 31.7 Å². The van der Waals surface area contributed by atoms with Crippen molar-refractivity contribution >= 4 is 17.0 Å². The molecule has 33 heavy (non-hydrogen) atoms. The van der Waals surface area contributed by atoms with Gasteiger partial charge < -0.3 is 9.30 Å². The summed E-state index contributed by atoms with van der Waals surface area (Å²) in [5, 5.41) is 0. The van der Waals surface area contributed by atoms with E-state index >= 15 is 0 Å². The summed E-state index contributed by atoms with van der Waals surface area (Å²) in [4.78, 5) is 20.1. The zero-order valence-electron chi connectivity index (χ0n) is 16.7. The fraction of sp³-hybridized carbons (Fsp3) is 0.150. The SMILES string of the molecule is CCOC(=O)c1ncn(-c2nc3cc(F)c(F)cc3n2C)c1-c1c(F)c(F)c(F)c(F)c1F. The van der Waals surface area contributed by atoms with Crippen LogP contribution in [0, 0.1) is 40.7 Å². The van der Waals surface area contributed by atoms with Gasteiger partial charge in [0.1, 0.15) is 6.33 Å². The Balaban J connectivity index is 2.10. The zero-order chi connectivity index (χ0) is 24.2. The highest BCUT2D eigenvalue weighted by Crippen LogP contribution is 2.35. The van der Waals surface area contributed by atoms with Crippen molar-refractivity contribution in [3.63, 3.8) is 0 Å². The monoisotopic (exact) mass is 472 g/mol.